The summed E-state index contributed by atoms with van der Waals surface area (Å²) in [5, 5.41) is 3.18. The summed E-state index contributed by atoms with van der Waals surface area (Å²) in [7, 11) is 1.63. The summed E-state index contributed by atoms with van der Waals surface area (Å²) in [6.45, 7) is 4.73. The highest BCUT2D eigenvalue weighted by Gasteiger charge is 2.33. The molecule has 5 nitrogen and oxygen atoms in total. The number of rotatable bonds is 6. The number of carbonyl (C=O) groups excluding carboxylic acids is 1. The Hall–Kier alpha value is -1.66. The molecule has 1 aromatic carbocycles. The number of amides is 1. The van der Waals surface area contributed by atoms with Crippen molar-refractivity contribution in [1.29, 1.82) is 0 Å². The van der Waals surface area contributed by atoms with Crippen LogP contribution < -0.4 is 10.1 Å². The van der Waals surface area contributed by atoms with E-state index in [0.717, 1.165) is 82.6 Å². The van der Waals surface area contributed by atoms with E-state index in [1.807, 2.05) is 0 Å². The summed E-state index contributed by atoms with van der Waals surface area (Å²) in [5.74, 6) is 0.963. The number of hydrogen-bond acceptors (Lipinski definition) is 4. The number of carbonyl (C=O) groups is 1. The van der Waals surface area contributed by atoms with Gasteiger partial charge in [0.2, 0.25) is 5.91 Å². The second-order valence-electron chi connectivity index (χ2n) is 8.58. The lowest BCUT2D eigenvalue weighted by Crippen LogP contribution is -2.50. The van der Waals surface area contributed by atoms with Crippen molar-refractivity contribution in [2.24, 2.45) is 5.92 Å². The monoisotopic (exact) mass is 389 g/mol. The van der Waals surface area contributed by atoms with E-state index in [0.29, 0.717) is 12.1 Å². The average Bonchev–Trinajstić information content (AvgIpc) is 3.53. The minimum Gasteiger partial charge on any atom is -0.496 e. The summed E-state index contributed by atoms with van der Waals surface area (Å²) in [4.78, 5) is 17.4. The van der Waals surface area contributed by atoms with Gasteiger partial charge in [-0.15, -0.1) is 0 Å². The number of benzene rings is 1. The maximum absolute atomic E-state index is 13.6. The topological polar surface area (TPSA) is 44.8 Å². The number of ether oxygens (including phenoxy) is 1. The molecule has 0 radical (unpaired) electrons. The first-order chi connectivity index (χ1) is 13.6. The molecule has 28 heavy (non-hydrogen) atoms. The Morgan fingerprint density at radius 1 is 1.18 bits per heavy atom. The number of halogens is 1. The highest BCUT2D eigenvalue weighted by Crippen LogP contribution is 2.27. The SMILES string of the molecule is COc1ccc(F)cc1CN1CCC(N2CCCC(C(=O)NC3CC3)C2)CC1. The summed E-state index contributed by atoms with van der Waals surface area (Å²) >= 11 is 0. The van der Waals surface area contributed by atoms with Gasteiger partial charge in [-0.3, -0.25) is 14.6 Å². The molecule has 3 fully saturated rings. The molecule has 2 heterocycles. The van der Waals surface area contributed by atoms with Crippen LogP contribution in [0.1, 0.15) is 44.1 Å². The lowest BCUT2D eigenvalue weighted by Gasteiger charge is -2.42. The van der Waals surface area contributed by atoms with E-state index >= 15 is 0 Å². The van der Waals surface area contributed by atoms with Crippen molar-refractivity contribution in [3.05, 3.63) is 29.6 Å². The molecule has 2 aliphatic heterocycles. The van der Waals surface area contributed by atoms with Crippen molar-refractivity contribution >= 4 is 5.91 Å². The molecular formula is C22H32FN3O2. The molecule has 1 atom stereocenters. The minimum atomic E-state index is -0.213. The molecular weight excluding hydrogens is 357 g/mol. The molecule has 1 saturated carbocycles. The van der Waals surface area contributed by atoms with Gasteiger partial charge < -0.3 is 10.1 Å². The molecule has 2 saturated heterocycles. The van der Waals surface area contributed by atoms with Crippen LogP contribution in [0.25, 0.3) is 0 Å². The van der Waals surface area contributed by atoms with Crippen molar-refractivity contribution in [2.45, 2.75) is 57.2 Å². The maximum Gasteiger partial charge on any atom is 0.224 e. The van der Waals surface area contributed by atoms with E-state index in [1.54, 1.807) is 19.2 Å². The van der Waals surface area contributed by atoms with Gasteiger partial charge in [0, 0.05) is 30.7 Å². The molecule has 3 aliphatic rings. The van der Waals surface area contributed by atoms with E-state index in [1.165, 1.54) is 6.07 Å². The lowest BCUT2D eigenvalue weighted by atomic mass is 9.93. The van der Waals surface area contributed by atoms with Crippen molar-refractivity contribution in [1.82, 2.24) is 15.1 Å². The Labute approximate surface area is 167 Å². The van der Waals surface area contributed by atoms with Gasteiger partial charge in [0.25, 0.3) is 0 Å². The molecule has 1 aliphatic carbocycles. The zero-order valence-corrected chi connectivity index (χ0v) is 16.8. The van der Waals surface area contributed by atoms with Crippen molar-refractivity contribution < 1.29 is 13.9 Å². The molecule has 154 valence electrons. The van der Waals surface area contributed by atoms with Gasteiger partial charge in [0.15, 0.2) is 0 Å². The first-order valence-electron chi connectivity index (χ1n) is 10.7. The van der Waals surface area contributed by atoms with Crippen LogP contribution in [-0.4, -0.2) is 61.1 Å². The highest BCUT2D eigenvalue weighted by molar-refractivity contribution is 5.79. The zero-order chi connectivity index (χ0) is 19.5. The van der Waals surface area contributed by atoms with Gasteiger partial charge in [0.1, 0.15) is 11.6 Å². The Morgan fingerprint density at radius 2 is 1.96 bits per heavy atom. The molecule has 1 unspecified atom stereocenters. The fourth-order valence-electron chi connectivity index (χ4n) is 4.65. The zero-order valence-electron chi connectivity index (χ0n) is 16.8. The second kappa shape index (κ2) is 8.78. The lowest BCUT2D eigenvalue weighted by molar-refractivity contribution is -0.127. The quantitative estimate of drug-likeness (QED) is 0.813. The summed E-state index contributed by atoms with van der Waals surface area (Å²) in [5.41, 5.74) is 0.913. The first kappa shape index (κ1) is 19.6. The number of nitrogens with one attached hydrogen (secondary N) is 1. The van der Waals surface area contributed by atoms with Crippen LogP contribution in [-0.2, 0) is 11.3 Å². The molecule has 4 rings (SSSR count). The van der Waals surface area contributed by atoms with Crippen LogP contribution in [0.15, 0.2) is 18.2 Å². The van der Waals surface area contributed by atoms with E-state index < -0.39 is 0 Å². The minimum absolute atomic E-state index is 0.156. The van der Waals surface area contributed by atoms with Crippen LogP contribution in [0.3, 0.4) is 0 Å². The fourth-order valence-corrected chi connectivity index (χ4v) is 4.65. The standard InChI is InChI=1S/C22H32FN3O2/c1-28-21-7-4-18(23)13-17(21)14-25-11-8-20(9-12-25)26-10-2-3-16(15-26)22(27)24-19-5-6-19/h4,7,13,16,19-20H,2-3,5-6,8-12,14-15H2,1H3,(H,24,27). The number of nitrogens with zero attached hydrogens (tertiary/aromatic N) is 2. The third-order valence-corrected chi connectivity index (χ3v) is 6.46. The smallest absolute Gasteiger partial charge is 0.224 e. The van der Waals surface area contributed by atoms with Gasteiger partial charge in [0.05, 0.1) is 13.0 Å². The number of piperidine rings is 2. The summed E-state index contributed by atoms with van der Waals surface area (Å²) in [6, 6.07) is 5.74. The third kappa shape index (κ3) is 4.84. The molecule has 6 heteroatoms. The molecule has 1 N–H and O–H groups in total. The van der Waals surface area contributed by atoms with E-state index in [9.17, 15) is 9.18 Å². The highest BCUT2D eigenvalue weighted by atomic mass is 19.1. The van der Waals surface area contributed by atoms with Crippen LogP contribution in [0, 0.1) is 11.7 Å². The van der Waals surface area contributed by atoms with Crippen molar-refractivity contribution in [2.75, 3.05) is 33.3 Å². The number of hydrogen-bond donors (Lipinski definition) is 1. The Bertz CT molecular complexity index is 686. The third-order valence-electron chi connectivity index (χ3n) is 6.46. The van der Waals surface area contributed by atoms with Crippen LogP contribution in [0.2, 0.25) is 0 Å². The van der Waals surface area contributed by atoms with Gasteiger partial charge in [-0.2, -0.15) is 0 Å². The summed E-state index contributed by atoms with van der Waals surface area (Å²) in [6.07, 6.45) is 6.65. The predicted molar refractivity (Wildman–Crippen MR) is 107 cm³/mol. The fraction of sp³-hybridized carbons (Fsp3) is 0.682. The van der Waals surface area contributed by atoms with Gasteiger partial charge in [-0.05, 0) is 76.4 Å². The molecule has 0 bridgehead atoms. The predicted octanol–water partition coefficient (Wildman–Crippen LogP) is 2.79. The van der Waals surface area contributed by atoms with Gasteiger partial charge >= 0.3 is 0 Å². The maximum atomic E-state index is 13.6. The van der Waals surface area contributed by atoms with Gasteiger partial charge in [-0.25, -0.2) is 4.39 Å². The molecule has 1 aromatic rings. The normalized spacial score (nSPS) is 24.9. The van der Waals surface area contributed by atoms with Crippen LogP contribution >= 0.6 is 0 Å². The van der Waals surface area contributed by atoms with Gasteiger partial charge in [-0.1, -0.05) is 0 Å². The largest absolute Gasteiger partial charge is 0.496 e. The number of likely N-dealkylation sites (tertiary alicyclic amines) is 2. The molecule has 1 amide bonds. The van der Waals surface area contributed by atoms with E-state index in [2.05, 4.69) is 15.1 Å². The van der Waals surface area contributed by atoms with E-state index in [4.69, 9.17) is 4.74 Å². The van der Waals surface area contributed by atoms with Crippen LogP contribution in [0.5, 0.6) is 5.75 Å². The number of methoxy groups -OCH3 is 1. The Kier molecular flexibility index (Phi) is 6.16. The van der Waals surface area contributed by atoms with Crippen molar-refractivity contribution in [3.8, 4) is 5.75 Å². The van der Waals surface area contributed by atoms with Crippen molar-refractivity contribution in [3.63, 3.8) is 0 Å². The molecule has 0 aromatic heterocycles. The Balaban J connectivity index is 1.28. The Morgan fingerprint density at radius 3 is 2.68 bits per heavy atom. The first-order valence-corrected chi connectivity index (χ1v) is 10.7. The molecule has 0 spiro atoms. The average molecular weight is 390 g/mol. The summed E-state index contributed by atoms with van der Waals surface area (Å²) < 4.78 is 19.0. The second-order valence-corrected chi connectivity index (χ2v) is 8.58. The van der Waals surface area contributed by atoms with E-state index in [-0.39, 0.29) is 17.6 Å². The van der Waals surface area contributed by atoms with Crippen LogP contribution in [0.4, 0.5) is 4.39 Å².